The molecule has 5 unspecified atom stereocenters. The largest absolute Gasteiger partial charge is 0.460 e. The van der Waals surface area contributed by atoms with Crippen LogP contribution in [0, 0.1) is 0 Å². The van der Waals surface area contributed by atoms with Gasteiger partial charge in [-0.15, -0.1) is 0 Å². The maximum Gasteiger partial charge on any atom is 0.332 e. The van der Waals surface area contributed by atoms with Crippen LogP contribution in [0.4, 0.5) is 0 Å². The van der Waals surface area contributed by atoms with Gasteiger partial charge in [-0.1, -0.05) is 6.58 Å². The predicted molar refractivity (Wildman–Crippen MR) is 72.7 cm³/mol. The van der Waals surface area contributed by atoms with Crippen molar-refractivity contribution < 1.29 is 41.1 Å². The highest BCUT2D eigenvalue weighted by molar-refractivity contribution is 7.87. The van der Waals surface area contributed by atoms with Gasteiger partial charge >= 0.3 is 11.9 Å². The first-order valence-electron chi connectivity index (χ1n) is 7.06. The van der Waals surface area contributed by atoms with Crippen LogP contribution in [0.1, 0.15) is 6.42 Å². The minimum Gasteiger partial charge on any atom is -0.460 e. The molecule has 0 radical (unpaired) electrons. The molecule has 3 aliphatic rings. The van der Waals surface area contributed by atoms with Gasteiger partial charge in [-0.2, -0.15) is 8.42 Å². The number of esters is 2. The van der Waals surface area contributed by atoms with Gasteiger partial charge in [-0.3, -0.25) is 4.18 Å². The van der Waals surface area contributed by atoms with Gasteiger partial charge in [0.25, 0.3) is 10.1 Å². The van der Waals surface area contributed by atoms with E-state index in [0.29, 0.717) is 6.42 Å². The van der Waals surface area contributed by atoms with E-state index < -0.39 is 51.7 Å². The lowest BCUT2D eigenvalue weighted by Gasteiger charge is -2.21. The summed E-state index contributed by atoms with van der Waals surface area (Å²) in [6, 6.07) is 0. The standard InChI is InChI=1S/C13H16O9S/c1-2-9(14)18-3-4-19-10(15)6-20-11-7-5-8-12(21-7)13(11)22-23(8,16)17/h2,7-8,11-13H,1,3-6H2. The van der Waals surface area contributed by atoms with Gasteiger partial charge in [0, 0.05) is 6.08 Å². The minimum absolute atomic E-state index is 0.0838. The summed E-state index contributed by atoms with van der Waals surface area (Å²) in [5.41, 5.74) is 0. The number of hydrogen-bond acceptors (Lipinski definition) is 9. The molecule has 0 aromatic rings. The van der Waals surface area contributed by atoms with Gasteiger partial charge in [0.2, 0.25) is 0 Å². The van der Waals surface area contributed by atoms with E-state index in [-0.39, 0.29) is 19.8 Å². The molecule has 0 aliphatic carbocycles. The second kappa shape index (κ2) is 6.19. The van der Waals surface area contributed by atoms with E-state index in [1.165, 1.54) is 0 Å². The topological polar surface area (TPSA) is 114 Å². The molecule has 9 nitrogen and oxygen atoms in total. The molecule has 2 bridgehead atoms. The first-order valence-corrected chi connectivity index (χ1v) is 8.53. The van der Waals surface area contributed by atoms with Crippen molar-refractivity contribution >= 4 is 22.1 Å². The third-order valence-corrected chi connectivity index (χ3v) is 5.64. The Morgan fingerprint density at radius 1 is 1.22 bits per heavy atom. The highest BCUT2D eigenvalue weighted by Crippen LogP contribution is 2.47. The van der Waals surface area contributed by atoms with Gasteiger partial charge in [-0.05, 0) is 6.42 Å². The molecule has 128 valence electrons. The predicted octanol–water partition coefficient (Wildman–Crippen LogP) is -1.09. The molecule has 0 spiro atoms. The average Bonchev–Trinajstić information content (AvgIpc) is 3.12. The Morgan fingerprint density at radius 3 is 2.70 bits per heavy atom. The quantitative estimate of drug-likeness (QED) is 0.245. The Hall–Kier alpha value is -1.49. The fourth-order valence-electron chi connectivity index (χ4n) is 2.99. The average molecular weight is 348 g/mol. The van der Waals surface area contributed by atoms with Crippen molar-refractivity contribution in [1.29, 1.82) is 0 Å². The van der Waals surface area contributed by atoms with Crippen LogP contribution in [-0.2, 0) is 42.8 Å². The summed E-state index contributed by atoms with van der Waals surface area (Å²) >= 11 is 0. The highest BCUT2D eigenvalue weighted by atomic mass is 32.2. The number of fused-ring (bicyclic) bond motifs is 1. The fraction of sp³-hybridized carbons (Fsp3) is 0.692. The first-order chi connectivity index (χ1) is 10.9. The lowest BCUT2D eigenvalue weighted by atomic mass is 9.94. The first kappa shape index (κ1) is 16.4. The summed E-state index contributed by atoms with van der Waals surface area (Å²) in [6.45, 7) is 2.67. The van der Waals surface area contributed by atoms with Gasteiger partial charge in [0.1, 0.15) is 43.4 Å². The van der Waals surface area contributed by atoms with E-state index in [1.54, 1.807) is 0 Å². The molecule has 5 atom stereocenters. The van der Waals surface area contributed by atoms with Crippen LogP contribution < -0.4 is 0 Å². The number of ether oxygens (including phenoxy) is 4. The van der Waals surface area contributed by atoms with Crippen molar-refractivity contribution in [3.8, 4) is 0 Å². The molecule has 0 aromatic carbocycles. The third kappa shape index (κ3) is 3.11. The van der Waals surface area contributed by atoms with Crippen molar-refractivity contribution in [3.63, 3.8) is 0 Å². The van der Waals surface area contributed by atoms with Crippen LogP contribution >= 0.6 is 0 Å². The smallest absolute Gasteiger partial charge is 0.332 e. The molecule has 0 saturated carbocycles. The Bertz CT molecular complexity index is 613. The number of hydrogen-bond donors (Lipinski definition) is 0. The van der Waals surface area contributed by atoms with Gasteiger partial charge in [0.05, 0.1) is 6.10 Å². The van der Waals surface area contributed by atoms with Crippen LogP contribution in [0.5, 0.6) is 0 Å². The van der Waals surface area contributed by atoms with Crippen LogP contribution in [0.3, 0.4) is 0 Å². The molecule has 3 fully saturated rings. The summed E-state index contributed by atoms with van der Waals surface area (Å²) in [6.07, 6.45) is -0.924. The summed E-state index contributed by atoms with van der Waals surface area (Å²) in [7, 11) is -3.61. The van der Waals surface area contributed by atoms with E-state index >= 15 is 0 Å². The van der Waals surface area contributed by atoms with Crippen molar-refractivity contribution in [2.24, 2.45) is 0 Å². The zero-order valence-electron chi connectivity index (χ0n) is 12.1. The summed E-state index contributed by atoms with van der Waals surface area (Å²) < 4.78 is 48.9. The lowest BCUT2D eigenvalue weighted by Crippen LogP contribution is -2.41. The zero-order valence-corrected chi connectivity index (χ0v) is 12.9. The maximum atomic E-state index is 11.7. The molecule has 23 heavy (non-hydrogen) atoms. The minimum atomic E-state index is -3.61. The van der Waals surface area contributed by atoms with Crippen molar-refractivity contribution in [2.75, 3.05) is 19.8 Å². The van der Waals surface area contributed by atoms with Crippen LogP contribution in [0.15, 0.2) is 12.7 Å². The SMILES string of the molecule is C=CC(=O)OCCOC(=O)COC1C2CC3C(O2)C1OS3(=O)=O. The summed E-state index contributed by atoms with van der Waals surface area (Å²) in [5, 5.41) is -0.635. The monoisotopic (exact) mass is 348 g/mol. The molecule has 3 heterocycles. The second-order valence-electron chi connectivity index (χ2n) is 5.33. The van der Waals surface area contributed by atoms with Gasteiger partial charge < -0.3 is 18.9 Å². The molecular weight excluding hydrogens is 332 g/mol. The molecule has 0 amide bonds. The van der Waals surface area contributed by atoms with Gasteiger partial charge in [0.15, 0.2) is 0 Å². The Balaban J connectivity index is 1.41. The van der Waals surface area contributed by atoms with E-state index in [2.05, 4.69) is 11.3 Å². The fourth-order valence-corrected chi connectivity index (χ4v) is 4.63. The maximum absolute atomic E-state index is 11.7. The molecule has 0 aromatic heterocycles. The lowest BCUT2D eigenvalue weighted by molar-refractivity contribution is -0.157. The molecule has 0 N–H and O–H groups in total. The second-order valence-corrected chi connectivity index (χ2v) is 7.12. The van der Waals surface area contributed by atoms with Crippen molar-refractivity contribution in [1.82, 2.24) is 0 Å². The van der Waals surface area contributed by atoms with Crippen LogP contribution in [-0.4, -0.2) is 69.8 Å². The molecular formula is C13H16O9S. The molecule has 3 saturated heterocycles. The third-order valence-electron chi connectivity index (χ3n) is 3.94. The Labute approximate surface area is 132 Å². The number of carbonyl (C=O) groups excluding carboxylic acids is 2. The zero-order chi connectivity index (χ0) is 16.6. The summed E-state index contributed by atoms with van der Waals surface area (Å²) in [5.74, 6) is -1.26. The Kier molecular flexibility index (Phi) is 4.41. The number of carbonyl (C=O) groups is 2. The Morgan fingerprint density at radius 2 is 1.96 bits per heavy atom. The highest BCUT2D eigenvalue weighted by Gasteiger charge is 2.66. The molecule has 3 rings (SSSR count). The van der Waals surface area contributed by atoms with Crippen LogP contribution in [0.25, 0.3) is 0 Å². The van der Waals surface area contributed by atoms with E-state index in [0.717, 1.165) is 6.08 Å². The van der Waals surface area contributed by atoms with E-state index in [1.807, 2.05) is 0 Å². The molecule has 3 aliphatic heterocycles. The van der Waals surface area contributed by atoms with Gasteiger partial charge in [-0.25, -0.2) is 9.59 Å². The normalized spacial score (nSPS) is 35.9. The van der Waals surface area contributed by atoms with E-state index in [9.17, 15) is 18.0 Å². The van der Waals surface area contributed by atoms with Crippen LogP contribution in [0.2, 0.25) is 0 Å². The molecule has 10 heteroatoms. The van der Waals surface area contributed by atoms with Crippen molar-refractivity contribution in [2.45, 2.75) is 36.1 Å². The number of rotatable bonds is 7. The van der Waals surface area contributed by atoms with E-state index in [4.69, 9.17) is 18.4 Å². The summed E-state index contributed by atoms with van der Waals surface area (Å²) in [4.78, 5) is 22.3. The van der Waals surface area contributed by atoms with Crippen molar-refractivity contribution in [3.05, 3.63) is 12.7 Å².